The zero-order valence-corrected chi connectivity index (χ0v) is 17.5. The van der Waals surface area contributed by atoms with Gasteiger partial charge in [-0.05, 0) is 37.7 Å². The minimum Gasteiger partial charge on any atom is -0.487 e. The van der Waals surface area contributed by atoms with E-state index in [2.05, 4.69) is 35.0 Å². The number of carbonyl (C=O) groups is 1. The van der Waals surface area contributed by atoms with E-state index >= 15 is 0 Å². The Morgan fingerprint density at radius 2 is 2.10 bits per heavy atom. The van der Waals surface area contributed by atoms with E-state index in [0.29, 0.717) is 18.8 Å². The van der Waals surface area contributed by atoms with Gasteiger partial charge in [-0.25, -0.2) is 0 Å². The van der Waals surface area contributed by atoms with Gasteiger partial charge < -0.3 is 20.1 Å². The number of nitrogens with one attached hydrogen (secondary N) is 1. The number of carbonyl (C=O) groups excluding carboxylic acids is 1. The van der Waals surface area contributed by atoms with Crippen molar-refractivity contribution in [1.29, 1.82) is 0 Å². The summed E-state index contributed by atoms with van der Waals surface area (Å²) < 4.78 is 5.61. The Morgan fingerprint density at radius 3 is 2.83 bits per heavy atom. The highest BCUT2D eigenvalue weighted by molar-refractivity contribution is 5.77. The van der Waals surface area contributed by atoms with Gasteiger partial charge in [0.15, 0.2) is 6.61 Å². The number of likely N-dealkylation sites (N-methyl/N-ethyl adjacent to an activating group) is 1. The molecule has 0 spiro atoms. The Bertz CT molecular complexity index is 728. The van der Waals surface area contributed by atoms with E-state index < -0.39 is 6.10 Å². The number of hydrogen-bond acceptors (Lipinski definition) is 5. The van der Waals surface area contributed by atoms with Crippen molar-refractivity contribution in [3.63, 3.8) is 0 Å². The van der Waals surface area contributed by atoms with Crippen LogP contribution in [-0.2, 0) is 22.5 Å². The van der Waals surface area contributed by atoms with Crippen LogP contribution >= 0.6 is 0 Å². The van der Waals surface area contributed by atoms with Crippen LogP contribution in [-0.4, -0.2) is 73.8 Å². The lowest BCUT2D eigenvalue weighted by Gasteiger charge is -2.30. The maximum atomic E-state index is 12.1. The zero-order valence-electron chi connectivity index (χ0n) is 17.5. The van der Waals surface area contributed by atoms with Crippen molar-refractivity contribution in [2.24, 2.45) is 0 Å². The van der Waals surface area contributed by atoms with Crippen molar-refractivity contribution >= 4 is 5.91 Å². The van der Waals surface area contributed by atoms with Gasteiger partial charge in [0.2, 0.25) is 0 Å². The van der Waals surface area contributed by atoms with Crippen molar-refractivity contribution in [2.75, 3.05) is 46.9 Å². The molecule has 1 atom stereocenters. The van der Waals surface area contributed by atoms with E-state index in [0.717, 1.165) is 19.5 Å². The summed E-state index contributed by atoms with van der Waals surface area (Å²) in [5.41, 5.74) is 2.70. The standard InChI is InChI=1S/C23H33N3O3/c1-4-5-6-11-22(17-25(2)3)29-18-23(28)24-14-21(27)16-26-13-12-19-9-7-8-10-20(19)15-26/h4-11,21,27H,1,12-18H2,2-3H3,(H,24,28)/b6-5-,22-11+. The summed E-state index contributed by atoms with van der Waals surface area (Å²) in [5, 5.41) is 13.1. The average Bonchev–Trinajstić information content (AvgIpc) is 2.70. The van der Waals surface area contributed by atoms with Crippen LogP contribution in [0.2, 0.25) is 0 Å². The molecule has 0 aromatic heterocycles. The third-order valence-corrected chi connectivity index (χ3v) is 4.60. The number of aliphatic hydroxyl groups excluding tert-OH is 1. The normalized spacial score (nSPS) is 15.9. The number of amides is 1. The van der Waals surface area contributed by atoms with Crippen LogP contribution in [0.5, 0.6) is 0 Å². The molecule has 6 heteroatoms. The molecule has 158 valence electrons. The van der Waals surface area contributed by atoms with Crippen molar-refractivity contribution in [2.45, 2.75) is 19.1 Å². The van der Waals surface area contributed by atoms with E-state index in [1.54, 1.807) is 12.2 Å². The highest BCUT2D eigenvalue weighted by Gasteiger charge is 2.18. The summed E-state index contributed by atoms with van der Waals surface area (Å²) in [4.78, 5) is 16.3. The summed E-state index contributed by atoms with van der Waals surface area (Å²) >= 11 is 0. The smallest absolute Gasteiger partial charge is 0.258 e. The van der Waals surface area contributed by atoms with Gasteiger partial charge in [0.1, 0.15) is 5.76 Å². The topological polar surface area (TPSA) is 65.0 Å². The summed E-state index contributed by atoms with van der Waals surface area (Å²) in [6, 6.07) is 8.41. The molecule has 0 fully saturated rings. The number of allylic oxidation sites excluding steroid dienone is 4. The molecule has 0 saturated heterocycles. The molecule has 1 heterocycles. The lowest BCUT2D eigenvalue weighted by Crippen LogP contribution is -2.42. The van der Waals surface area contributed by atoms with Crippen LogP contribution < -0.4 is 5.32 Å². The van der Waals surface area contributed by atoms with Crippen LogP contribution in [0.1, 0.15) is 11.1 Å². The van der Waals surface area contributed by atoms with E-state index in [4.69, 9.17) is 4.74 Å². The van der Waals surface area contributed by atoms with Gasteiger partial charge in [-0.3, -0.25) is 9.69 Å². The first-order valence-corrected chi connectivity index (χ1v) is 9.97. The van der Waals surface area contributed by atoms with Gasteiger partial charge in [-0.2, -0.15) is 0 Å². The van der Waals surface area contributed by atoms with Crippen LogP contribution in [0.25, 0.3) is 0 Å². The predicted octanol–water partition coefficient (Wildman–Crippen LogP) is 1.73. The number of ether oxygens (including phenoxy) is 1. The second-order valence-electron chi connectivity index (χ2n) is 7.49. The number of fused-ring (bicyclic) bond motifs is 1. The van der Waals surface area contributed by atoms with Crippen LogP contribution in [0, 0.1) is 0 Å². The Kier molecular flexibility index (Phi) is 9.64. The largest absolute Gasteiger partial charge is 0.487 e. The van der Waals surface area contributed by atoms with Crippen molar-refractivity contribution in [1.82, 2.24) is 15.1 Å². The van der Waals surface area contributed by atoms with Gasteiger partial charge in [0.05, 0.1) is 12.6 Å². The molecule has 0 aliphatic carbocycles. The SMILES string of the molecule is C=C/C=C\C=C(/CN(C)C)OCC(=O)NCC(O)CN1CCc2ccccc2C1. The number of rotatable bonds is 11. The molecule has 1 aromatic rings. The maximum Gasteiger partial charge on any atom is 0.258 e. The molecule has 0 radical (unpaired) electrons. The molecule has 1 aromatic carbocycles. The van der Waals surface area contributed by atoms with Crippen molar-refractivity contribution in [3.8, 4) is 0 Å². The molecular weight excluding hydrogens is 366 g/mol. The van der Waals surface area contributed by atoms with Gasteiger partial charge in [-0.15, -0.1) is 0 Å². The highest BCUT2D eigenvalue weighted by atomic mass is 16.5. The monoisotopic (exact) mass is 399 g/mol. The second-order valence-corrected chi connectivity index (χ2v) is 7.49. The number of benzene rings is 1. The van der Waals surface area contributed by atoms with Crippen molar-refractivity contribution in [3.05, 3.63) is 72.0 Å². The minimum atomic E-state index is -0.614. The Labute approximate surface area is 174 Å². The van der Waals surface area contributed by atoms with Crippen LogP contribution in [0.15, 0.2) is 60.9 Å². The summed E-state index contributed by atoms with van der Waals surface area (Å²) in [6.45, 7) is 6.64. The molecule has 0 saturated carbocycles. The van der Waals surface area contributed by atoms with Crippen LogP contribution in [0.4, 0.5) is 0 Å². The average molecular weight is 400 g/mol. The first kappa shape index (κ1) is 22.9. The Hall–Kier alpha value is -2.41. The first-order valence-electron chi connectivity index (χ1n) is 9.97. The third-order valence-electron chi connectivity index (χ3n) is 4.60. The summed E-state index contributed by atoms with van der Waals surface area (Å²) in [6.07, 6.45) is 7.50. The van der Waals surface area contributed by atoms with Crippen molar-refractivity contribution < 1.29 is 14.6 Å². The third kappa shape index (κ3) is 8.64. The maximum absolute atomic E-state index is 12.1. The second kappa shape index (κ2) is 12.2. The molecule has 1 unspecified atom stereocenters. The molecule has 2 rings (SSSR count). The lowest BCUT2D eigenvalue weighted by atomic mass is 10.00. The Morgan fingerprint density at radius 1 is 1.34 bits per heavy atom. The number of β-amino-alcohol motifs (C(OH)–C–C–N with tert-alkyl or cyclic N) is 1. The summed E-state index contributed by atoms with van der Waals surface area (Å²) in [5.74, 6) is 0.446. The van der Waals surface area contributed by atoms with Gasteiger partial charge in [-0.1, -0.05) is 49.1 Å². The number of hydrogen-bond donors (Lipinski definition) is 2. The van der Waals surface area contributed by atoms with E-state index in [1.807, 2.05) is 37.2 Å². The molecule has 29 heavy (non-hydrogen) atoms. The molecule has 0 bridgehead atoms. The molecule has 2 N–H and O–H groups in total. The van der Waals surface area contributed by atoms with Gasteiger partial charge >= 0.3 is 0 Å². The molecular formula is C23H33N3O3. The van der Waals surface area contributed by atoms with Crippen LogP contribution in [0.3, 0.4) is 0 Å². The number of aliphatic hydroxyl groups is 1. The zero-order chi connectivity index (χ0) is 21.1. The van der Waals surface area contributed by atoms with E-state index in [9.17, 15) is 9.90 Å². The first-order chi connectivity index (χ1) is 14.0. The van der Waals surface area contributed by atoms with E-state index in [-0.39, 0.29) is 19.1 Å². The lowest BCUT2D eigenvalue weighted by molar-refractivity contribution is -0.125. The summed E-state index contributed by atoms with van der Waals surface area (Å²) in [7, 11) is 3.87. The fourth-order valence-electron chi connectivity index (χ4n) is 3.21. The van der Waals surface area contributed by atoms with E-state index in [1.165, 1.54) is 11.1 Å². The van der Waals surface area contributed by atoms with Gasteiger partial charge in [0, 0.05) is 26.2 Å². The molecule has 1 amide bonds. The fourth-order valence-corrected chi connectivity index (χ4v) is 3.21. The molecule has 1 aliphatic rings. The minimum absolute atomic E-state index is 0.0780. The highest BCUT2D eigenvalue weighted by Crippen LogP contribution is 2.18. The Balaban J connectivity index is 1.71. The van der Waals surface area contributed by atoms with Gasteiger partial charge in [0.25, 0.3) is 5.91 Å². The quantitative estimate of drug-likeness (QED) is 0.438. The number of nitrogens with zero attached hydrogens (tertiary/aromatic N) is 2. The molecule has 1 aliphatic heterocycles. The predicted molar refractivity (Wildman–Crippen MR) is 116 cm³/mol. The fraction of sp³-hybridized carbons (Fsp3) is 0.435. The molecule has 6 nitrogen and oxygen atoms in total.